The Labute approximate surface area is 121 Å². The number of halogens is 1. The van der Waals surface area contributed by atoms with Crippen molar-refractivity contribution >= 4 is 27.5 Å². The van der Waals surface area contributed by atoms with Gasteiger partial charge < -0.3 is 11.1 Å². The average molecular weight is 321 g/mol. The summed E-state index contributed by atoms with van der Waals surface area (Å²) >= 11 is 3.47. The predicted molar refractivity (Wildman–Crippen MR) is 79.8 cm³/mol. The van der Waals surface area contributed by atoms with E-state index in [4.69, 9.17) is 5.73 Å². The SMILES string of the molecule is NC(=O)C12CCC(CNc3cccc(Br)c3)=C(C1)C2. The van der Waals surface area contributed by atoms with Crippen molar-refractivity contribution in [3.63, 3.8) is 0 Å². The molecule has 0 aromatic heterocycles. The lowest BCUT2D eigenvalue weighted by atomic mass is 9.57. The number of carbonyl (C=O) groups is 1. The van der Waals surface area contributed by atoms with E-state index >= 15 is 0 Å². The van der Waals surface area contributed by atoms with Gasteiger partial charge in [-0.25, -0.2) is 0 Å². The van der Waals surface area contributed by atoms with Crippen molar-refractivity contribution in [2.45, 2.75) is 25.7 Å². The van der Waals surface area contributed by atoms with Gasteiger partial charge in [-0.3, -0.25) is 4.79 Å². The quantitative estimate of drug-likeness (QED) is 0.837. The lowest BCUT2D eigenvalue weighted by Crippen LogP contribution is -2.47. The van der Waals surface area contributed by atoms with Crippen LogP contribution in [0.3, 0.4) is 0 Å². The predicted octanol–water partition coefficient (Wildman–Crippen LogP) is 3.22. The van der Waals surface area contributed by atoms with Crippen LogP contribution in [0.1, 0.15) is 25.7 Å². The largest absolute Gasteiger partial charge is 0.381 e. The smallest absolute Gasteiger partial charge is 0.224 e. The summed E-state index contributed by atoms with van der Waals surface area (Å²) in [5.74, 6) is -0.116. The minimum atomic E-state index is -0.200. The van der Waals surface area contributed by atoms with Gasteiger partial charge in [0.25, 0.3) is 0 Å². The number of anilines is 1. The summed E-state index contributed by atoms with van der Waals surface area (Å²) in [6.45, 7) is 0.876. The van der Waals surface area contributed by atoms with Gasteiger partial charge in [0.15, 0.2) is 0 Å². The summed E-state index contributed by atoms with van der Waals surface area (Å²) in [7, 11) is 0. The van der Waals surface area contributed by atoms with Crippen LogP contribution in [0, 0.1) is 5.41 Å². The number of allylic oxidation sites excluding steroid dienone is 1. The highest BCUT2D eigenvalue weighted by atomic mass is 79.9. The Morgan fingerprint density at radius 1 is 1.42 bits per heavy atom. The third-order valence-corrected chi connectivity index (χ3v) is 4.86. The molecular formula is C15H17BrN2O. The second-order valence-corrected chi connectivity index (χ2v) is 6.48. The molecule has 0 unspecified atom stereocenters. The molecule has 0 atom stereocenters. The van der Waals surface area contributed by atoms with Crippen LogP contribution in [0.5, 0.6) is 0 Å². The first-order valence-electron chi connectivity index (χ1n) is 6.58. The van der Waals surface area contributed by atoms with Gasteiger partial charge in [-0.1, -0.05) is 33.1 Å². The van der Waals surface area contributed by atoms with Gasteiger partial charge in [0.2, 0.25) is 5.91 Å². The van der Waals surface area contributed by atoms with E-state index in [9.17, 15) is 4.79 Å². The Kier molecular flexibility index (Phi) is 3.13. The number of nitrogens with two attached hydrogens (primary N) is 1. The van der Waals surface area contributed by atoms with E-state index in [1.165, 1.54) is 11.1 Å². The third kappa shape index (κ3) is 2.29. The van der Waals surface area contributed by atoms with Gasteiger partial charge >= 0.3 is 0 Å². The lowest BCUT2D eigenvalue weighted by Gasteiger charge is -2.47. The molecule has 2 bridgehead atoms. The van der Waals surface area contributed by atoms with Crippen molar-refractivity contribution < 1.29 is 4.79 Å². The van der Waals surface area contributed by atoms with Gasteiger partial charge in [-0.05, 0) is 43.9 Å². The Morgan fingerprint density at radius 3 is 2.79 bits per heavy atom. The van der Waals surface area contributed by atoms with Gasteiger partial charge in [-0.2, -0.15) is 0 Å². The molecule has 3 aliphatic carbocycles. The number of hydrogen-bond donors (Lipinski definition) is 2. The highest BCUT2D eigenvalue weighted by Gasteiger charge is 2.49. The molecule has 1 aromatic rings. The topological polar surface area (TPSA) is 55.1 Å². The Balaban J connectivity index is 1.64. The molecule has 0 radical (unpaired) electrons. The van der Waals surface area contributed by atoms with Gasteiger partial charge in [-0.15, -0.1) is 0 Å². The fourth-order valence-corrected chi connectivity index (χ4v) is 3.48. The van der Waals surface area contributed by atoms with E-state index < -0.39 is 0 Å². The van der Waals surface area contributed by atoms with Crippen LogP contribution in [0.25, 0.3) is 0 Å². The standard InChI is InChI=1S/C15H17BrN2O/c16-12-2-1-3-13(6-12)18-9-10-4-5-15(14(17)19)7-11(10)8-15/h1-3,6,18H,4-5,7-9H2,(H2,17,19). The molecule has 4 rings (SSSR count). The summed E-state index contributed by atoms with van der Waals surface area (Å²) < 4.78 is 1.08. The number of carbonyl (C=O) groups excluding carboxylic acids is 1. The molecule has 3 aliphatic rings. The van der Waals surface area contributed by atoms with Crippen LogP contribution < -0.4 is 11.1 Å². The first-order chi connectivity index (χ1) is 9.09. The number of hydrogen-bond acceptors (Lipinski definition) is 2. The second kappa shape index (κ2) is 4.67. The van der Waals surface area contributed by atoms with Crippen LogP contribution in [0.15, 0.2) is 39.9 Å². The minimum absolute atomic E-state index is 0.116. The zero-order chi connectivity index (χ0) is 13.5. The maximum absolute atomic E-state index is 11.4. The van der Waals surface area contributed by atoms with Crippen molar-refractivity contribution in [1.82, 2.24) is 0 Å². The Bertz CT molecular complexity index is 557. The number of benzene rings is 1. The molecule has 0 heterocycles. The maximum atomic E-state index is 11.4. The Hall–Kier alpha value is -1.29. The normalized spacial score (nSPS) is 19.8. The molecule has 1 aromatic carbocycles. The fourth-order valence-electron chi connectivity index (χ4n) is 3.08. The molecule has 100 valence electrons. The van der Waals surface area contributed by atoms with Crippen molar-refractivity contribution in [3.05, 3.63) is 39.9 Å². The molecule has 0 saturated heterocycles. The first-order valence-corrected chi connectivity index (χ1v) is 7.37. The zero-order valence-corrected chi connectivity index (χ0v) is 12.3. The van der Waals surface area contributed by atoms with Crippen molar-refractivity contribution in [1.29, 1.82) is 0 Å². The van der Waals surface area contributed by atoms with Gasteiger partial charge in [0.1, 0.15) is 0 Å². The number of amides is 1. The molecule has 3 N–H and O–H groups in total. The van der Waals surface area contributed by atoms with Crippen LogP contribution in [-0.2, 0) is 4.79 Å². The number of nitrogens with one attached hydrogen (secondary N) is 1. The second-order valence-electron chi connectivity index (χ2n) is 5.57. The molecule has 19 heavy (non-hydrogen) atoms. The molecule has 0 aliphatic heterocycles. The van der Waals surface area contributed by atoms with Crippen molar-refractivity contribution in [3.8, 4) is 0 Å². The highest BCUT2D eigenvalue weighted by Crippen LogP contribution is 2.54. The lowest BCUT2D eigenvalue weighted by molar-refractivity contribution is -0.131. The summed E-state index contributed by atoms with van der Waals surface area (Å²) in [6, 6.07) is 8.17. The maximum Gasteiger partial charge on any atom is 0.224 e. The molecule has 1 amide bonds. The number of primary amides is 1. The summed E-state index contributed by atoms with van der Waals surface area (Å²) in [4.78, 5) is 11.4. The monoisotopic (exact) mass is 320 g/mol. The van der Waals surface area contributed by atoms with Crippen molar-refractivity contribution in [2.75, 3.05) is 11.9 Å². The van der Waals surface area contributed by atoms with Crippen LogP contribution >= 0.6 is 15.9 Å². The first kappa shape index (κ1) is 12.7. The van der Waals surface area contributed by atoms with E-state index in [-0.39, 0.29) is 11.3 Å². The summed E-state index contributed by atoms with van der Waals surface area (Å²) in [5.41, 5.74) is 9.30. The number of fused-ring (bicyclic) bond motifs is 2. The van der Waals surface area contributed by atoms with Gasteiger partial charge in [0.05, 0.1) is 5.41 Å². The minimum Gasteiger partial charge on any atom is -0.381 e. The van der Waals surface area contributed by atoms with Crippen LogP contribution in [0.2, 0.25) is 0 Å². The molecule has 0 spiro atoms. The molecule has 1 saturated carbocycles. The van der Waals surface area contributed by atoms with Crippen molar-refractivity contribution in [2.24, 2.45) is 11.1 Å². The molecule has 1 fully saturated rings. The number of rotatable bonds is 4. The fraction of sp³-hybridized carbons (Fsp3) is 0.400. The van der Waals surface area contributed by atoms with E-state index in [2.05, 4.69) is 33.4 Å². The van der Waals surface area contributed by atoms with E-state index in [0.29, 0.717) is 0 Å². The summed E-state index contributed by atoms with van der Waals surface area (Å²) in [6.07, 6.45) is 3.69. The van der Waals surface area contributed by atoms with Crippen LogP contribution in [-0.4, -0.2) is 12.5 Å². The molecular weight excluding hydrogens is 304 g/mol. The van der Waals surface area contributed by atoms with E-state index in [1.54, 1.807) is 0 Å². The van der Waals surface area contributed by atoms with E-state index in [0.717, 1.165) is 42.4 Å². The highest BCUT2D eigenvalue weighted by molar-refractivity contribution is 9.10. The third-order valence-electron chi connectivity index (χ3n) is 4.36. The molecule has 3 nitrogen and oxygen atoms in total. The molecule has 4 heteroatoms. The average Bonchev–Trinajstić information content (AvgIpc) is 2.35. The van der Waals surface area contributed by atoms with Crippen LogP contribution in [0.4, 0.5) is 5.69 Å². The Morgan fingerprint density at radius 2 is 2.21 bits per heavy atom. The van der Waals surface area contributed by atoms with E-state index in [1.807, 2.05) is 12.1 Å². The zero-order valence-electron chi connectivity index (χ0n) is 10.7. The van der Waals surface area contributed by atoms with Gasteiger partial charge in [0, 0.05) is 16.7 Å². The summed E-state index contributed by atoms with van der Waals surface area (Å²) in [5, 5.41) is 3.45.